The molecule has 0 spiro atoms. The zero-order valence-corrected chi connectivity index (χ0v) is 8.71. The highest BCUT2D eigenvalue weighted by Crippen LogP contribution is 2.18. The van der Waals surface area contributed by atoms with E-state index in [4.69, 9.17) is 0 Å². The van der Waals surface area contributed by atoms with Crippen molar-refractivity contribution >= 4 is 5.78 Å². The summed E-state index contributed by atoms with van der Waals surface area (Å²) < 4.78 is 0. The second-order valence-corrected chi connectivity index (χ2v) is 3.68. The highest BCUT2D eigenvalue weighted by molar-refractivity contribution is 5.75. The standard InChI is InChI=1S/C12H16O2/c1-9-8-11(6-7-12(9)14)5-3-4-10(2)13/h6-8,14H,3-5H2,1-2H3. The Morgan fingerprint density at radius 2 is 2.14 bits per heavy atom. The average Bonchev–Trinajstić information content (AvgIpc) is 2.10. The van der Waals surface area contributed by atoms with Crippen LogP contribution in [0.1, 0.15) is 30.9 Å². The van der Waals surface area contributed by atoms with Crippen molar-refractivity contribution in [1.29, 1.82) is 0 Å². The van der Waals surface area contributed by atoms with Gasteiger partial charge in [-0.15, -0.1) is 0 Å². The lowest BCUT2D eigenvalue weighted by Gasteiger charge is -2.03. The Hall–Kier alpha value is -1.31. The van der Waals surface area contributed by atoms with Gasteiger partial charge in [0, 0.05) is 6.42 Å². The molecule has 0 atom stereocenters. The molecule has 0 unspecified atom stereocenters. The van der Waals surface area contributed by atoms with Crippen LogP contribution in [0.2, 0.25) is 0 Å². The number of phenols is 1. The summed E-state index contributed by atoms with van der Waals surface area (Å²) in [6, 6.07) is 5.58. The predicted octanol–water partition coefficient (Wildman–Crippen LogP) is 2.61. The van der Waals surface area contributed by atoms with Crippen molar-refractivity contribution in [2.24, 2.45) is 0 Å². The Morgan fingerprint density at radius 1 is 1.43 bits per heavy atom. The summed E-state index contributed by atoms with van der Waals surface area (Å²) in [4.78, 5) is 10.7. The molecule has 1 aromatic rings. The minimum atomic E-state index is 0.237. The molecule has 0 saturated heterocycles. The molecule has 0 aliphatic rings. The topological polar surface area (TPSA) is 37.3 Å². The molecular weight excluding hydrogens is 176 g/mol. The molecule has 0 radical (unpaired) electrons. The van der Waals surface area contributed by atoms with Gasteiger partial charge < -0.3 is 9.90 Å². The van der Waals surface area contributed by atoms with Crippen LogP contribution in [-0.2, 0) is 11.2 Å². The van der Waals surface area contributed by atoms with Gasteiger partial charge in [0.25, 0.3) is 0 Å². The maximum Gasteiger partial charge on any atom is 0.129 e. The maximum absolute atomic E-state index is 10.7. The van der Waals surface area contributed by atoms with Gasteiger partial charge in [0.2, 0.25) is 0 Å². The number of benzene rings is 1. The van der Waals surface area contributed by atoms with E-state index in [0.29, 0.717) is 12.2 Å². The summed E-state index contributed by atoms with van der Waals surface area (Å²) in [6.45, 7) is 3.49. The zero-order chi connectivity index (χ0) is 10.6. The van der Waals surface area contributed by atoms with Crippen LogP contribution in [0.4, 0.5) is 0 Å². The van der Waals surface area contributed by atoms with E-state index < -0.39 is 0 Å². The monoisotopic (exact) mass is 192 g/mol. The molecule has 1 N–H and O–H groups in total. The fourth-order valence-corrected chi connectivity index (χ4v) is 1.41. The van der Waals surface area contributed by atoms with Crippen LogP contribution in [0.15, 0.2) is 18.2 Å². The fourth-order valence-electron chi connectivity index (χ4n) is 1.41. The average molecular weight is 192 g/mol. The second-order valence-electron chi connectivity index (χ2n) is 3.68. The van der Waals surface area contributed by atoms with Crippen molar-refractivity contribution in [2.75, 3.05) is 0 Å². The second kappa shape index (κ2) is 4.80. The van der Waals surface area contributed by atoms with Gasteiger partial charge in [0.15, 0.2) is 0 Å². The molecule has 0 bridgehead atoms. The highest BCUT2D eigenvalue weighted by Gasteiger charge is 1.99. The van der Waals surface area contributed by atoms with Crippen molar-refractivity contribution in [3.63, 3.8) is 0 Å². The van der Waals surface area contributed by atoms with Crippen LogP contribution < -0.4 is 0 Å². The Bertz CT molecular complexity index is 329. The quantitative estimate of drug-likeness (QED) is 0.796. The largest absolute Gasteiger partial charge is 0.508 e. The lowest BCUT2D eigenvalue weighted by molar-refractivity contribution is -0.117. The van der Waals surface area contributed by atoms with Gasteiger partial charge in [-0.25, -0.2) is 0 Å². The molecular formula is C12H16O2. The highest BCUT2D eigenvalue weighted by atomic mass is 16.3. The summed E-state index contributed by atoms with van der Waals surface area (Å²) >= 11 is 0. The van der Waals surface area contributed by atoms with Gasteiger partial charge in [-0.05, 0) is 43.9 Å². The zero-order valence-electron chi connectivity index (χ0n) is 8.71. The van der Waals surface area contributed by atoms with Gasteiger partial charge in [-0.2, -0.15) is 0 Å². The molecule has 2 heteroatoms. The molecule has 14 heavy (non-hydrogen) atoms. The Kier molecular flexibility index (Phi) is 3.69. The predicted molar refractivity (Wildman–Crippen MR) is 56.5 cm³/mol. The van der Waals surface area contributed by atoms with Crippen LogP contribution in [0, 0.1) is 6.92 Å². The van der Waals surface area contributed by atoms with E-state index in [1.54, 1.807) is 13.0 Å². The molecule has 0 aromatic heterocycles. The first-order valence-electron chi connectivity index (χ1n) is 4.87. The molecule has 0 saturated carbocycles. The van der Waals surface area contributed by atoms with E-state index in [-0.39, 0.29) is 5.78 Å². The summed E-state index contributed by atoms with van der Waals surface area (Å²) in [5.41, 5.74) is 2.08. The van der Waals surface area contributed by atoms with E-state index in [1.165, 1.54) is 5.56 Å². The summed E-state index contributed by atoms with van der Waals surface area (Å²) in [6.07, 6.45) is 2.43. The van der Waals surface area contributed by atoms with Crippen LogP contribution in [0.5, 0.6) is 5.75 Å². The van der Waals surface area contributed by atoms with Crippen molar-refractivity contribution in [2.45, 2.75) is 33.1 Å². The third kappa shape index (κ3) is 3.21. The fraction of sp³-hybridized carbons (Fsp3) is 0.417. The number of Topliss-reactive ketones (excluding diaryl/α,β-unsaturated/α-hetero) is 1. The molecule has 2 nitrogen and oxygen atoms in total. The summed E-state index contributed by atoms with van der Waals surface area (Å²) in [5.74, 6) is 0.570. The smallest absolute Gasteiger partial charge is 0.129 e. The van der Waals surface area contributed by atoms with Crippen molar-refractivity contribution in [1.82, 2.24) is 0 Å². The molecule has 1 rings (SSSR count). The first kappa shape index (κ1) is 10.8. The number of carbonyl (C=O) groups excluding carboxylic acids is 1. The van der Waals surface area contributed by atoms with Gasteiger partial charge >= 0.3 is 0 Å². The maximum atomic E-state index is 10.7. The molecule has 0 heterocycles. The van der Waals surface area contributed by atoms with Crippen LogP contribution >= 0.6 is 0 Å². The van der Waals surface area contributed by atoms with Gasteiger partial charge in [0.05, 0.1) is 0 Å². The van der Waals surface area contributed by atoms with Crippen molar-refractivity contribution in [3.05, 3.63) is 29.3 Å². The van der Waals surface area contributed by atoms with Gasteiger partial charge in [-0.1, -0.05) is 12.1 Å². The molecule has 0 amide bonds. The Morgan fingerprint density at radius 3 is 2.71 bits per heavy atom. The molecule has 0 fully saturated rings. The lowest BCUT2D eigenvalue weighted by Crippen LogP contribution is -1.92. The van der Waals surface area contributed by atoms with Crippen molar-refractivity contribution < 1.29 is 9.90 Å². The summed E-state index contributed by atoms with van der Waals surface area (Å²) in [7, 11) is 0. The minimum absolute atomic E-state index is 0.237. The first-order valence-corrected chi connectivity index (χ1v) is 4.87. The minimum Gasteiger partial charge on any atom is -0.508 e. The number of rotatable bonds is 4. The van der Waals surface area contributed by atoms with E-state index >= 15 is 0 Å². The van der Waals surface area contributed by atoms with E-state index in [2.05, 4.69) is 0 Å². The molecule has 1 aromatic carbocycles. The molecule has 0 aliphatic carbocycles. The number of carbonyl (C=O) groups is 1. The van der Waals surface area contributed by atoms with E-state index in [0.717, 1.165) is 18.4 Å². The van der Waals surface area contributed by atoms with Crippen molar-refractivity contribution in [3.8, 4) is 5.75 Å². The molecule has 76 valence electrons. The third-order valence-electron chi connectivity index (χ3n) is 2.26. The third-order valence-corrected chi connectivity index (χ3v) is 2.26. The number of hydrogen-bond acceptors (Lipinski definition) is 2. The Balaban J connectivity index is 2.51. The van der Waals surface area contributed by atoms with Gasteiger partial charge in [0.1, 0.15) is 11.5 Å². The summed E-state index contributed by atoms with van der Waals surface area (Å²) in [5, 5.41) is 9.30. The normalized spacial score (nSPS) is 10.1. The Labute approximate surface area is 84.6 Å². The number of aromatic hydroxyl groups is 1. The van der Waals surface area contributed by atoms with E-state index in [1.807, 2.05) is 19.1 Å². The SMILES string of the molecule is CC(=O)CCCc1ccc(O)c(C)c1. The molecule has 0 aliphatic heterocycles. The number of phenolic OH excluding ortho intramolecular Hbond substituents is 1. The van der Waals surface area contributed by atoms with Crippen LogP contribution in [0.3, 0.4) is 0 Å². The number of aryl methyl sites for hydroxylation is 2. The first-order chi connectivity index (χ1) is 6.59. The van der Waals surface area contributed by atoms with Gasteiger partial charge in [-0.3, -0.25) is 0 Å². The lowest BCUT2D eigenvalue weighted by atomic mass is 10.0. The van der Waals surface area contributed by atoms with Crippen LogP contribution in [-0.4, -0.2) is 10.9 Å². The van der Waals surface area contributed by atoms with E-state index in [9.17, 15) is 9.90 Å². The van der Waals surface area contributed by atoms with Crippen LogP contribution in [0.25, 0.3) is 0 Å². The number of hydrogen-bond donors (Lipinski definition) is 1. The number of ketones is 1.